The highest BCUT2D eigenvalue weighted by atomic mass is 32.1. The van der Waals surface area contributed by atoms with Crippen molar-refractivity contribution < 1.29 is 0 Å². The highest BCUT2D eigenvalue weighted by Gasteiger charge is 2.09. The average Bonchev–Trinajstić information content (AvgIpc) is 2.93. The van der Waals surface area contributed by atoms with Crippen molar-refractivity contribution in [2.75, 3.05) is 12.4 Å². The summed E-state index contributed by atoms with van der Waals surface area (Å²) in [6.45, 7) is 0.715. The highest BCUT2D eigenvalue weighted by Crippen LogP contribution is 2.23. The van der Waals surface area contributed by atoms with Crippen LogP contribution in [-0.4, -0.2) is 26.8 Å². The van der Waals surface area contributed by atoms with Gasteiger partial charge in [0.05, 0.1) is 12.2 Å². The fraction of sp³-hybridized carbons (Fsp3) is 0.176. The summed E-state index contributed by atoms with van der Waals surface area (Å²) in [5, 5.41) is 10.6. The minimum absolute atomic E-state index is 0.692. The van der Waals surface area contributed by atoms with E-state index in [1.54, 1.807) is 6.20 Å². The monoisotopic (exact) mass is 310 g/mol. The van der Waals surface area contributed by atoms with Crippen molar-refractivity contribution >= 4 is 33.8 Å². The van der Waals surface area contributed by atoms with E-state index in [-0.39, 0.29) is 0 Å². The fourth-order valence-electron chi connectivity index (χ4n) is 2.42. The van der Waals surface area contributed by atoms with E-state index in [1.165, 1.54) is 10.8 Å². The molecule has 22 heavy (non-hydrogen) atoms. The van der Waals surface area contributed by atoms with Crippen molar-refractivity contribution in [3.8, 4) is 0 Å². The third-order valence-corrected chi connectivity index (χ3v) is 4.11. The van der Waals surface area contributed by atoms with Gasteiger partial charge in [-0.3, -0.25) is 4.68 Å². The zero-order valence-electron chi connectivity index (χ0n) is 12.7. The van der Waals surface area contributed by atoms with Gasteiger partial charge in [0.15, 0.2) is 5.11 Å². The first-order valence-electron chi connectivity index (χ1n) is 7.12. The molecule has 0 unspecified atom stereocenters. The summed E-state index contributed by atoms with van der Waals surface area (Å²) in [5.74, 6) is 0. The van der Waals surface area contributed by atoms with Crippen molar-refractivity contribution in [1.29, 1.82) is 0 Å². The molecular weight excluding hydrogens is 292 g/mol. The van der Waals surface area contributed by atoms with Crippen molar-refractivity contribution in [2.45, 2.75) is 6.54 Å². The summed E-state index contributed by atoms with van der Waals surface area (Å²) in [7, 11) is 3.91. The Morgan fingerprint density at radius 3 is 2.73 bits per heavy atom. The second-order valence-corrected chi connectivity index (χ2v) is 5.65. The molecular formula is C17H18N4S. The molecule has 0 amide bonds. The van der Waals surface area contributed by atoms with Gasteiger partial charge in [0.25, 0.3) is 0 Å². The minimum Gasteiger partial charge on any atom is -0.346 e. The van der Waals surface area contributed by atoms with Crippen LogP contribution in [0.2, 0.25) is 0 Å². The Labute approximate surface area is 135 Å². The number of fused-ring (bicyclic) bond motifs is 1. The third-order valence-electron chi connectivity index (χ3n) is 3.70. The van der Waals surface area contributed by atoms with E-state index < -0.39 is 0 Å². The lowest BCUT2D eigenvalue weighted by Crippen LogP contribution is -2.31. The van der Waals surface area contributed by atoms with Crippen LogP contribution in [0.15, 0.2) is 54.7 Å². The minimum atomic E-state index is 0.692. The molecule has 0 radical (unpaired) electrons. The number of nitrogens with one attached hydrogen (secondary N) is 1. The Morgan fingerprint density at radius 1 is 1.18 bits per heavy atom. The van der Waals surface area contributed by atoms with Crippen molar-refractivity contribution in [2.24, 2.45) is 7.05 Å². The van der Waals surface area contributed by atoms with Crippen LogP contribution in [0.25, 0.3) is 10.8 Å². The first-order chi connectivity index (χ1) is 10.6. The fourth-order valence-corrected chi connectivity index (χ4v) is 2.59. The van der Waals surface area contributed by atoms with E-state index in [2.05, 4.69) is 28.6 Å². The predicted octanol–water partition coefficient (Wildman–Crippen LogP) is 3.40. The molecule has 0 saturated heterocycles. The summed E-state index contributed by atoms with van der Waals surface area (Å²) in [4.78, 5) is 2.01. The molecule has 0 aliphatic rings. The Morgan fingerprint density at radius 2 is 1.95 bits per heavy atom. The number of aromatic nitrogens is 2. The molecule has 0 fully saturated rings. The number of aryl methyl sites for hydroxylation is 1. The van der Waals surface area contributed by atoms with Gasteiger partial charge in [0, 0.05) is 31.4 Å². The van der Waals surface area contributed by atoms with Gasteiger partial charge in [0.2, 0.25) is 0 Å². The molecule has 0 atom stereocenters. The molecule has 1 N–H and O–H groups in total. The number of hydrogen-bond donors (Lipinski definition) is 1. The molecule has 3 aromatic rings. The molecule has 1 aromatic heterocycles. The van der Waals surface area contributed by atoms with E-state index in [1.807, 2.05) is 54.0 Å². The Kier molecular flexibility index (Phi) is 4.06. The summed E-state index contributed by atoms with van der Waals surface area (Å²) >= 11 is 5.52. The molecule has 2 aromatic carbocycles. The van der Waals surface area contributed by atoms with Crippen LogP contribution < -0.4 is 5.32 Å². The SMILES string of the molecule is CN(Cc1ccnn1C)C(=S)Nc1cccc2ccccc12. The van der Waals surface area contributed by atoms with Crippen LogP contribution >= 0.6 is 12.2 Å². The van der Waals surface area contributed by atoms with Crippen LogP contribution in [0.3, 0.4) is 0 Å². The summed E-state index contributed by atoms with van der Waals surface area (Å²) in [5.41, 5.74) is 2.14. The molecule has 0 aliphatic heterocycles. The molecule has 0 saturated carbocycles. The maximum absolute atomic E-state index is 5.52. The number of benzene rings is 2. The van der Waals surface area contributed by atoms with Crippen LogP contribution in [0.4, 0.5) is 5.69 Å². The first-order valence-corrected chi connectivity index (χ1v) is 7.53. The van der Waals surface area contributed by atoms with Crippen LogP contribution in [0.1, 0.15) is 5.69 Å². The summed E-state index contributed by atoms with van der Waals surface area (Å²) < 4.78 is 1.86. The second kappa shape index (κ2) is 6.15. The van der Waals surface area contributed by atoms with Gasteiger partial charge in [-0.2, -0.15) is 5.10 Å². The number of nitrogens with zero attached hydrogens (tertiary/aromatic N) is 3. The Balaban J connectivity index is 1.77. The smallest absolute Gasteiger partial charge is 0.173 e. The van der Waals surface area contributed by atoms with E-state index in [0.717, 1.165) is 11.4 Å². The predicted molar refractivity (Wildman–Crippen MR) is 94.8 cm³/mol. The number of rotatable bonds is 3. The maximum atomic E-state index is 5.52. The second-order valence-electron chi connectivity index (χ2n) is 5.26. The van der Waals surface area contributed by atoms with Gasteiger partial charge >= 0.3 is 0 Å². The standard InChI is InChI=1S/C17H18N4S/c1-20(12-14-10-11-18-21(14)2)17(22)19-16-9-5-7-13-6-3-4-8-15(13)16/h3-11H,12H2,1-2H3,(H,19,22). The number of hydrogen-bond acceptors (Lipinski definition) is 2. The van der Waals surface area contributed by atoms with Crippen molar-refractivity contribution in [1.82, 2.24) is 14.7 Å². The molecule has 0 bridgehead atoms. The van der Waals surface area contributed by atoms with E-state index in [4.69, 9.17) is 12.2 Å². The maximum Gasteiger partial charge on any atom is 0.173 e. The van der Waals surface area contributed by atoms with Gasteiger partial charge in [-0.05, 0) is 29.7 Å². The largest absolute Gasteiger partial charge is 0.346 e. The quantitative estimate of drug-likeness (QED) is 0.752. The number of thiocarbonyl (C=S) groups is 1. The lowest BCUT2D eigenvalue weighted by atomic mass is 10.1. The van der Waals surface area contributed by atoms with Gasteiger partial charge in [0.1, 0.15) is 0 Å². The van der Waals surface area contributed by atoms with Crippen LogP contribution in [-0.2, 0) is 13.6 Å². The highest BCUT2D eigenvalue weighted by molar-refractivity contribution is 7.80. The molecule has 1 heterocycles. The van der Waals surface area contributed by atoms with Gasteiger partial charge in [-0.1, -0.05) is 36.4 Å². The van der Waals surface area contributed by atoms with Crippen molar-refractivity contribution in [3.05, 3.63) is 60.4 Å². The van der Waals surface area contributed by atoms with E-state index in [0.29, 0.717) is 11.7 Å². The third kappa shape index (κ3) is 2.94. The van der Waals surface area contributed by atoms with Crippen molar-refractivity contribution in [3.63, 3.8) is 0 Å². The molecule has 4 nitrogen and oxygen atoms in total. The summed E-state index contributed by atoms with van der Waals surface area (Å²) in [6.07, 6.45) is 1.80. The zero-order valence-corrected chi connectivity index (χ0v) is 13.5. The Hall–Kier alpha value is -2.40. The zero-order chi connectivity index (χ0) is 15.5. The van der Waals surface area contributed by atoms with Crippen LogP contribution in [0, 0.1) is 0 Å². The topological polar surface area (TPSA) is 33.1 Å². The Bertz CT molecular complexity index is 804. The molecule has 112 valence electrons. The van der Waals surface area contributed by atoms with E-state index >= 15 is 0 Å². The molecule has 5 heteroatoms. The van der Waals surface area contributed by atoms with Crippen LogP contribution in [0.5, 0.6) is 0 Å². The molecule has 0 spiro atoms. The lowest BCUT2D eigenvalue weighted by Gasteiger charge is -2.21. The van der Waals surface area contributed by atoms with Gasteiger partial charge < -0.3 is 10.2 Å². The van der Waals surface area contributed by atoms with E-state index in [9.17, 15) is 0 Å². The normalized spacial score (nSPS) is 10.6. The summed E-state index contributed by atoms with van der Waals surface area (Å²) in [6, 6.07) is 16.5. The molecule has 0 aliphatic carbocycles. The lowest BCUT2D eigenvalue weighted by molar-refractivity contribution is 0.482. The average molecular weight is 310 g/mol. The van der Waals surface area contributed by atoms with Gasteiger partial charge in [-0.15, -0.1) is 0 Å². The first kappa shape index (κ1) is 14.5. The molecule has 3 rings (SSSR count). The van der Waals surface area contributed by atoms with Gasteiger partial charge in [-0.25, -0.2) is 0 Å². The number of anilines is 1.